The molecule has 1 N–H and O–H groups in total. The Morgan fingerprint density at radius 3 is 2.26 bits per heavy atom. The summed E-state index contributed by atoms with van der Waals surface area (Å²) in [6, 6.07) is 19.3. The standard InChI is InChI=1S/C21H24N2O4/c24-20(25)22-12-11-19(14-22)15-23(13-17-7-3-1-4-8-17)21(26)27-16-18-9-5-2-6-10-18/h1-10,19H,11-16H2,(H,24,25)/t19-/m0/s1. The molecule has 1 heterocycles. The summed E-state index contributed by atoms with van der Waals surface area (Å²) < 4.78 is 5.50. The molecule has 3 rings (SSSR count). The van der Waals surface area contributed by atoms with E-state index in [4.69, 9.17) is 9.84 Å². The topological polar surface area (TPSA) is 70.1 Å². The normalized spacial score (nSPS) is 16.1. The number of hydrogen-bond acceptors (Lipinski definition) is 3. The molecule has 0 saturated carbocycles. The van der Waals surface area contributed by atoms with Gasteiger partial charge in [0.05, 0.1) is 0 Å². The zero-order chi connectivity index (χ0) is 19.1. The number of nitrogens with zero attached hydrogens (tertiary/aromatic N) is 2. The monoisotopic (exact) mass is 368 g/mol. The maximum atomic E-state index is 12.7. The molecule has 0 aliphatic carbocycles. The molecule has 0 spiro atoms. The average Bonchev–Trinajstić information content (AvgIpc) is 3.16. The molecule has 0 radical (unpaired) electrons. The van der Waals surface area contributed by atoms with Crippen molar-refractivity contribution in [1.82, 2.24) is 9.80 Å². The van der Waals surface area contributed by atoms with Crippen molar-refractivity contribution >= 4 is 12.2 Å². The van der Waals surface area contributed by atoms with Gasteiger partial charge in [-0.1, -0.05) is 60.7 Å². The zero-order valence-corrected chi connectivity index (χ0v) is 15.2. The second-order valence-corrected chi connectivity index (χ2v) is 6.79. The lowest BCUT2D eigenvalue weighted by atomic mass is 10.1. The molecular weight excluding hydrogens is 344 g/mol. The molecular formula is C21H24N2O4. The number of carboxylic acid groups (broad SMARTS) is 1. The van der Waals surface area contributed by atoms with Gasteiger partial charge >= 0.3 is 12.2 Å². The van der Waals surface area contributed by atoms with E-state index < -0.39 is 6.09 Å². The van der Waals surface area contributed by atoms with Crippen LogP contribution in [0.15, 0.2) is 60.7 Å². The van der Waals surface area contributed by atoms with Crippen molar-refractivity contribution in [2.24, 2.45) is 5.92 Å². The van der Waals surface area contributed by atoms with Crippen molar-refractivity contribution in [3.05, 3.63) is 71.8 Å². The Kier molecular flexibility index (Phi) is 6.30. The molecule has 2 aromatic carbocycles. The lowest BCUT2D eigenvalue weighted by Gasteiger charge is -2.25. The third-order valence-electron chi connectivity index (χ3n) is 4.71. The first-order chi connectivity index (χ1) is 13.1. The smallest absolute Gasteiger partial charge is 0.410 e. The number of hydrogen-bond donors (Lipinski definition) is 1. The van der Waals surface area contributed by atoms with E-state index >= 15 is 0 Å². The van der Waals surface area contributed by atoms with Crippen LogP contribution in [0.25, 0.3) is 0 Å². The fraction of sp³-hybridized carbons (Fsp3) is 0.333. The van der Waals surface area contributed by atoms with E-state index in [1.807, 2.05) is 60.7 Å². The minimum absolute atomic E-state index is 0.120. The van der Waals surface area contributed by atoms with Crippen molar-refractivity contribution in [1.29, 1.82) is 0 Å². The summed E-state index contributed by atoms with van der Waals surface area (Å²) in [6.07, 6.45) is -0.529. The van der Waals surface area contributed by atoms with Gasteiger partial charge in [0.1, 0.15) is 6.61 Å². The molecule has 6 nitrogen and oxygen atoms in total. The number of likely N-dealkylation sites (tertiary alicyclic amines) is 1. The summed E-state index contributed by atoms with van der Waals surface area (Å²) in [5.41, 5.74) is 1.95. The summed E-state index contributed by atoms with van der Waals surface area (Å²) >= 11 is 0. The van der Waals surface area contributed by atoms with Gasteiger partial charge < -0.3 is 19.6 Å². The van der Waals surface area contributed by atoms with Crippen LogP contribution in [0.2, 0.25) is 0 Å². The number of amides is 2. The Hall–Kier alpha value is -3.02. The zero-order valence-electron chi connectivity index (χ0n) is 15.2. The SMILES string of the molecule is O=C(O)N1CC[C@H](CN(Cc2ccccc2)C(=O)OCc2ccccc2)C1. The molecule has 1 fully saturated rings. The van der Waals surface area contributed by atoms with Gasteiger partial charge in [-0.25, -0.2) is 9.59 Å². The van der Waals surface area contributed by atoms with E-state index in [1.54, 1.807) is 4.90 Å². The van der Waals surface area contributed by atoms with Gasteiger partial charge in [-0.2, -0.15) is 0 Å². The average molecular weight is 368 g/mol. The maximum Gasteiger partial charge on any atom is 0.410 e. The molecule has 1 aliphatic heterocycles. The minimum Gasteiger partial charge on any atom is -0.465 e. The Morgan fingerprint density at radius 2 is 1.67 bits per heavy atom. The van der Waals surface area contributed by atoms with Gasteiger partial charge in [-0.3, -0.25) is 0 Å². The van der Waals surface area contributed by atoms with Crippen LogP contribution in [-0.4, -0.2) is 46.7 Å². The van der Waals surface area contributed by atoms with Gasteiger partial charge in [0.15, 0.2) is 0 Å². The molecule has 2 amide bonds. The van der Waals surface area contributed by atoms with E-state index in [0.29, 0.717) is 26.2 Å². The molecule has 2 aromatic rings. The van der Waals surface area contributed by atoms with Gasteiger partial charge in [-0.05, 0) is 23.5 Å². The summed E-state index contributed by atoms with van der Waals surface area (Å²) in [5.74, 6) is 0.120. The highest BCUT2D eigenvalue weighted by Crippen LogP contribution is 2.19. The predicted octanol–water partition coefficient (Wildman–Crippen LogP) is 3.83. The fourth-order valence-electron chi connectivity index (χ4n) is 3.29. The van der Waals surface area contributed by atoms with Crippen LogP contribution in [0, 0.1) is 5.92 Å². The van der Waals surface area contributed by atoms with E-state index in [2.05, 4.69) is 0 Å². The Morgan fingerprint density at radius 1 is 1.04 bits per heavy atom. The Balaban J connectivity index is 1.63. The quantitative estimate of drug-likeness (QED) is 0.841. The summed E-state index contributed by atoms with van der Waals surface area (Å²) in [4.78, 5) is 26.9. The van der Waals surface area contributed by atoms with Gasteiger partial charge in [0, 0.05) is 26.2 Å². The number of carbonyl (C=O) groups excluding carboxylic acids is 1. The second kappa shape index (κ2) is 9.07. The second-order valence-electron chi connectivity index (χ2n) is 6.79. The first-order valence-corrected chi connectivity index (χ1v) is 9.09. The van der Waals surface area contributed by atoms with Gasteiger partial charge in [0.25, 0.3) is 0 Å². The van der Waals surface area contributed by atoms with Crippen molar-refractivity contribution in [2.45, 2.75) is 19.6 Å². The first-order valence-electron chi connectivity index (χ1n) is 9.09. The molecule has 0 aromatic heterocycles. The fourth-order valence-corrected chi connectivity index (χ4v) is 3.29. The first kappa shape index (κ1) is 18.8. The predicted molar refractivity (Wildman–Crippen MR) is 101 cm³/mol. The molecule has 1 saturated heterocycles. The number of benzene rings is 2. The summed E-state index contributed by atoms with van der Waals surface area (Å²) in [6.45, 7) is 2.10. The molecule has 142 valence electrons. The van der Waals surface area contributed by atoms with E-state index in [1.165, 1.54) is 4.90 Å². The minimum atomic E-state index is -0.904. The molecule has 1 atom stereocenters. The number of rotatable bonds is 6. The van der Waals surface area contributed by atoms with Crippen molar-refractivity contribution in [3.8, 4) is 0 Å². The van der Waals surface area contributed by atoms with Crippen LogP contribution < -0.4 is 0 Å². The molecule has 27 heavy (non-hydrogen) atoms. The number of carbonyl (C=O) groups is 2. The van der Waals surface area contributed by atoms with Crippen LogP contribution in [0.5, 0.6) is 0 Å². The molecule has 6 heteroatoms. The summed E-state index contributed by atoms with van der Waals surface area (Å²) in [7, 11) is 0. The van der Waals surface area contributed by atoms with Crippen LogP contribution in [-0.2, 0) is 17.9 Å². The van der Waals surface area contributed by atoms with Crippen molar-refractivity contribution in [3.63, 3.8) is 0 Å². The van der Waals surface area contributed by atoms with Crippen molar-refractivity contribution < 1.29 is 19.4 Å². The highest BCUT2D eigenvalue weighted by molar-refractivity contribution is 5.68. The molecule has 0 bridgehead atoms. The summed E-state index contributed by atoms with van der Waals surface area (Å²) in [5, 5.41) is 9.14. The Bertz CT molecular complexity index is 751. The van der Waals surface area contributed by atoms with Crippen molar-refractivity contribution in [2.75, 3.05) is 19.6 Å². The van der Waals surface area contributed by atoms with Crippen LogP contribution in [0.3, 0.4) is 0 Å². The third kappa shape index (κ3) is 5.48. The van der Waals surface area contributed by atoms with E-state index in [9.17, 15) is 9.59 Å². The third-order valence-corrected chi connectivity index (χ3v) is 4.71. The number of ether oxygens (including phenoxy) is 1. The van der Waals surface area contributed by atoms with Gasteiger partial charge in [-0.15, -0.1) is 0 Å². The lowest BCUT2D eigenvalue weighted by Crippen LogP contribution is -2.36. The Labute approximate surface area is 159 Å². The highest BCUT2D eigenvalue weighted by atomic mass is 16.6. The lowest BCUT2D eigenvalue weighted by molar-refractivity contribution is 0.0876. The van der Waals surface area contributed by atoms with E-state index in [-0.39, 0.29) is 18.6 Å². The van der Waals surface area contributed by atoms with Crippen LogP contribution in [0.1, 0.15) is 17.5 Å². The maximum absolute atomic E-state index is 12.7. The largest absolute Gasteiger partial charge is 0.465 e. The highest BCUT2D eigenvalue weighted by Gasteiger charge is 2.29. The van der Waals surface area contributed by atoms with Crippen LogP contribution in [0.4, 0.5) is 9.59 Å². The molecule has 1 aliphatic rings. The van der Waals surface area contributed by atoms with Crippen LogP contribution >= 0.6 is 0 Å². The van der Waals surface area contributed by atoms with E-state index in [0.717, 1.165) is 17.5 Å². The molecule has 0 unspecified atom stereocenters. The van der Waals surface area contributed by atoms with Gasteiger partial charge in [0.2, 0.25) is 0 Å².